The maximum atomic E-state index is 11.8. The molecule has 3 heteroatoms. The second kappa shape index (κ2) is 3.30. The van der Waals surface area contributed by atoms with Gasteiger partial charge in [0.05, 0.1) is 25.5 Å². The van der Waals surface area contributed by atoms with Crippen molar-refractivity contribution in [3.05, 3.63) is 0 Å². The highest BCUT2D eigenvalue weighted by molar-refractivity contribution is 4.80. The van der Waals surface area contributed by atoms with Crippen molar-refractivity contribution < 1.29 is 14.2 Å². The Bertz CT molecular complexity index is 97.8. The van der Waals surface area contributed by atoms with E-state index in [-0.39, 0.29) is 18.7 Å². The van der Waals surface area contributed by atoms with Crippen LogP contribution in [-0.4, -0.2) is 30.6 Å². The molecule has 2 nitrogen and oxygen atoms in total. The molecule has 0 saturated carbocycles. The molecule has 0 aromatic carbocycles. The Hall–Kier alpha value is -0.150. The average Bonchev–Trinajstić information content (AvgIpc) is 2.20. The van der Waals surface area contributed by atoms with Crippen LogP contribution in [-0.2, 0) is 4.74 Å². The van der Waals surface area contributed by atoms with Gasteiger partial charge in [0.15, 0.2) is 0 Å². The zero-order chi connectivity index (χ0) is 7.56. The Balaban J connectivity index is 2.38. The fraction of sp³-hybridized carbons (Fsp3) is 1.00. The van der Waals surface area contributed by atoms with Crippen molar-refractivity contribution in [2.45, 2.75) is 25.6 Å². The van der Waals surface area contributed by atoms with E-state index in [1.807, 2.05) is 6.92 Å². The normalized spacial score (nSPS) is 40.5. The lowest BCUT2D eigenvalue weighted by molar-refractivity contribution is 0.0959. The van der Waals surface area contributed by atoms with Gasteiger partial charge in [0.1, 0.15) is 0 Å². The lowest BCUT2D eigenvalue weighted by atomic mass is 9.97. The van der Waals surface area contributed by atoms with Gasteiger partial charge in [-0.05, 0) is 13.3 Å². The Morgan fingerprint density at radius 1 is 1.70 bits per heavy atom. The van der Waals surface area contributed by atoms with E-state index in [1.54, 1.807) is 0 Å². The molecule has 1 rings (SSSR count). The Kier molecular flexibility index (Phi) is 2.63. The summed E-state index contributed by atoms with van der Waals surface area (Å²) in [4.78, 5) is 0. The summed E-state index contributed by atoms with van der Waals surface area (Å²) in [6, 6.07) is 0. The molecule has 0 aliphatic carbocycles. The minimum Gasteiger partial charge on any atom is -0.390 e. The lowest BCUT2D eigenvalue weighted by Crippen LogP contribution is -2.22. The number of aliphatic hydroxyl groups is 1. The standard InChI is InChI=1S/C7H13FO2/c1-5-6(2-3-8)7(9)4-10-5/h5-7,9H,2-4H2,1H3. The van der Waals surface area contributed by atoms with E-state index in [0.717, 1.165) is 0 Å². The minimum atomic E-state index is -0.453. The predicted molar refractivity (Wildman–Crippen MR) is 35.5 cm³/mol. The zero-order valence-corrected chi connectivity index (χ0v) is 6.09. The van der Waals surface area contributed by atoms with Gasteiger partial charge in [-0.2, -0.15) is 0 Å². The summed E-state index contributed by atoms with van der Waals surface area (Å²) in [6.45, 7) is 1.87. The van der Waals surface area contributed by atoms with Gasteiger partial charge in [-0.1, -0.05) is 0 Å². The molecule has 10 heavy (non-hydrogen) atoms. The van der Waals surface area contributed by atoms with Crippen molar-refractivity contribution in [3.63, 3.8) is 0 Å². The van der Waals surface area contributed by atoms with Crippen LogP contribution in [0, 0.1) is 5.92 Å². The van der Waals surface area contributed by atoms with Crippen LogP contribution in [0.1, 0.15) is 13.3 Å². The third-order valence-electron chi connectivity index (χ3n) is 2.07. The summed E-state index contributed by atoms with van der Waals surface area (Å²) in [7, 11) is 0. The highest BCUT2D eigenvalue weighted by Gasteiger charge is 2.32. The van der Waals surface area contributed by atoms with E-state index in [1.165, 1.54) is 0 Å². The molecule has 1 aliphatic rings. The largest absolute Gasteiger partial charge is 0.390 e. The number of hydrogen-bond acceptors (Lipinski definition) is 2. The minimum absolute atomic E-state index is 0.00463. The van der Waals surface area contributed by atoms with Gasteiger partial charge in [-0.25, -0.2) is 0 Å². The van der Waals surface area contributed by atoms with E-state index in [2.05, 4.69) is 0 Å². The molecular weight excluding hydrogens is 135 g/mol. The fourth-order valence-electron chi connectivity index (χ4n) is 1.36. The summed E-state index contributed by atoms with van der Waals surface area (Å²) >= 11 is 0. The monoisotopic (exact) mass is 148 g/mol. The molecule has 3 atom stereocenters. The average molecular weight is 148 g/mol. The number of hydrogen-bond donors (Lipinski definition) is 1. The fourth-order valence-corrected chi connectivity index (χ4v) is 1.36. The molecule has 0 bridgehead atoms. The molecule has 1 N–H and O–H groups in total. The first-order valence-corrected chi connectivity index (χ1v) is 3.61. The quantitative estimate of drug-likeness (QED) is 0.626. The molecule has 60 valence electrons. The molecular formula is C7H13FO2. The van der Waals surface area contributed by atoms with Crippen LogP contribution in [0.3, 0.4) is 0 Å². The second-order valence-electron chi connectivity index (χ2n) is 2.75. The van der Waals surface area contributed by atoms with Gasteiger partial charge in [0.2, 0.25) is 0 Å². The van der Waals surface area contributed by atoms with Crippen molar-refractivity contribution in [1.29, 1.82) is 0 Å². The molecule has 0 amide bonds. The molecule has 0 spiro atoms. The molecule has 0 aromatic heterocycles. The van der Waals surface area contributed by atoms with Crippen LogP contribution in [0.25, 0.3) is 0 Å². The van der Waals surface area contributed by atoms with Crippen LogP contribution in [0.2, 0.25) is 0 Å². The first-order chi connectivity index (χ1) is 4.75. The van der Waals surface area contributed by atoms with Gasteiger partial charge in [-0.15, -0.1) is 0 Å². The molecule has 3 unspecified atom stereocenters. The number of ether oxygens (including phenoxy) is 1. The second-order valence-corrected chi connectivity index (χ2v) is 2.75. The Morgan fingerprint density at radius 2 is 2.40 bits per heavy atom. The molecule has 1 aliphatic heterocycles. The van der Waals surface area contributed by atoms with Crippen molar-refractivity contribution in [2.24, 2.45) is 5.92 Å². The summed E-state index contributed by atoms with van der Waals surface area (Å²) in [6.07, 6.45) is -0.0148. The maximum absolute atomic E-state index is 11.8. The van der Waals surface area contributed by atoms with E-state index in [0.29, 0.717) is 13.0 Å². The SMILES string of the molecule is CC1OCC(O)C1CCF. The molecule has 1 saturated heterocycles. The Labute approximate surface area is 60.0 Å². The third-order valence-corrected chi connectivity index (χ3v) is 2.07. The topological polar surface area (TPSA) is 29.5 Å². The smallest absolute Gasteiger partial charge is 0.0899 e. The van der Waals surface area contributed by atoms with Gasteiger partial charge < -0.3 is 9.84 Å². The van der Waals surface area contributed by atoms with Crippen molar-refractivity contribution in [3.8, 4) is 0 Å². The van der Waals surface area contributed by atoms with Gasteiger partial charge in [-0.3, -0.25) is 4.39 Å². The van der Waals surface area contributed by atoms with E-state index >= 15 is 0 Å². The molecule has 1 fully saturated rings. The van der Waals surface area contributed by atoms with E-state index in [4.69, 9.17) is 4.74 Å². The molecule has 1 heterocycles. The predicted octanol–water partition coefficient (Wildman–Crippen LogP) is 0.742. The number of rotatable bonds is 2. The van der Waals surface area contributed by atoms with Crippen LogP contribution in [0.5, 0.6) is 0 Å². The number of halogens is 1. The third kappa shape index (κ3) is 1.47. The molecule has 0 aromatic rings. The summed E-state index contributed by atoms with van der Waals surface area (Å²) in [5.74, 6) is 0.00463. The Morgan fingerprint density at radius 3 is 2.80 bits per heavy atom. The summed E-state index contributed by atoms with van der Waals surface area (Å²) in [5, 5.41) is 9.20. The van der Waals surface area contributed by atoms with Crippen molar-refractivity contribution >= 4 is 0 Å². The van der Waals surface area contributed by atoms with Crippen LogP contribution in [0.4, 0.5) is 4.39 Å². The van der Waals surface area contributed by atoms with Crippen LogP contribution < -0.4 is 0 Å². The van der Waals surface area contributed by atoms with Crippen molar-refractivity contribution in [2.75, 3.05) is 13.3 Å². The van der Waals surface area contributed by atoms with Crippen LogP contribution in [0.15, 0.2) is 0 Å². The first kappa shape index (κ1) is 7.95. The first-order valence-electron chi connectivity index (χ1n) is 3.61. The van der Waals surface area contributed by atoms with Gasteiger partial charge >= 0.3 is 0 Å². The molecule has 0 radical (unpaired) electrons. The zero-order valence-electron chi connectivity index (χ0n) is 6.09. The van der Waals surface area contributed by atoms with E-state index in [9.17, 15) is 9.50 Å². The van der Waals surface area contributed by atoms with Gasteiger partial charge in [0.25, 0.3) is 0 Å². The number of aliphatic hydroxyl groups excluding tert-OH is 1. The highest BCUT2D eigenvalue weighted by atomic mass is 19.1. The highest BCUT2D eigenvalue weighted by Crippen LogP contribution is 2.23. The lowest BCUT2D eigenvalue weighted by Gasteiger charge is -2.13. The van der Waals surface area contributed by atoms with E-state index < -0.39 is 6.10 Å². The summed E-state index contributed by atoms with van der Waals surface area (Å²) < 4.78 is 16.9. The number of alkyl halides is 1. The van der Waals surface area contributed by atoms with Crippen LogP contribution >= 0.6 is 0 Å². The van der Waals surface area contributed by atoms with Crippen molar-refractivity contribution in [1.82, 2.24) is 0 Å². The van der Waals surface area contributed by atoms with Gasteiger partial charge in [0, 0.05) is 5.92 Å². The summed E-state index contributed by atoms with van der Waals surface area (Å²) in [5.41, 5.74) is 0. The maximum Gasteiger partial charge on any atom is 0.0899 e.